The summed E-state index contributed by atoms with van der Waals surface area (Å²) < 4.78 is 13.6. The summed E-state index contributed by atoms with van der Waals surface area (Å²) in [6.07, 6.45) is 0. The zero-order valence-corrected chi connectivity index (χ0v) is 22.9. The second-order valence-electron chi connectivity index (χ2n) is 9.06. The highest BCUT2D eigenvalue weighted by molar-refractivity contribution is 6.39. The molecular weight excluding hydrogens is 549 g/mol. The summed E-state index contributed by atoms with van der Waals surface area (Å²) in [5.74, 6) is 0.886. The molecule has 0 radical (unpaired) electrons. The zero-order valence-electron chi connectivity index (χ0n) is 20.6. The summed E-state index contributed by atoms with van der Waals surface area (Å²) >= 11 is 19.5. The molecule has 0 atom stereocenters. The van der Waals surface area contributed by atoms with E-state index in [1.165, 1.54) is 6.07 Å². The van der Waals surface area contributed by atoms with Crippen LogP contribution in [0.2, 0.25) is 15.1 Å². The van der Waals surface area contributed by atoms with E-state index in [0.29, 0.717) is 60.3 Å². The van der Waals surface area contributed by atoms with Crippen LogP contribution in [0.5, 0.6) is 5.75 Å². The van der Waals surface area contributed by atoms with Gasteiger partial charge in [0.15, 0.2) is 0 Å². The first-order valence-electron chi connectivity index (χ1n) is 11.7. The predicted octanol–water partition coefficient (Wildman–Crippen LogP) is 8.26. The first kappa shape index (κ1) is 26.1. The Hall–Kier alpha value is -3.52. The molecule has 5 aromatic rings. The van der Waals surface area contributed by atoms with Gasteiger partial charge in [0, 0.05) is 24.1 Å². The van der Waals surface area contributed by atoms with E-state index in [1.54, 1.807) is 42.5 Å². The van der Waals surface area contributed by atoms with Crippen molar-refractivity contribution in [1.29, 1.82) is 0 Å². The molecule has 0 fully saturated rings. The fourth-order valence-electron chi connectivity index (χ4n) is 4.32. The molecule has 10 heteroatoms. The van der Waals surface area contributed by atoms with Gasteiger partial charge in [0.2, 0.25) is 0 Å². The minimum atomic E-state index is -0.998. The number of aromatic carboxylic acids is 1. The number of aromatic nitrogens is 3. The van der Waals surface area contributed by atoms with Gasteiger partial charge < -0.3 is 18.9 Å². The fraction of sp³-hybridized carbons (Fsp3) is 0.179. The molecule has 38 heavy (non-hydrogen) atoms. The van der Waals surface area contributed by atoms with E-state index >= 15 is 0 Å². The normalized spacial score (nSPS) is 11.4. The van der Waals surface area contributed by atoms with Crippen molar-refractivity contribution >= 4 is 51.8 Å². The largest absolute Gasteiger partial charge is 0.489 e. The number of hydrogen-bond acceptors (Lipinski definition) is 5. The quantitative estimate of drug-likeness (QED) is 0.212. The summed E-state index contributed by atoms with van der Waals surface area (Å²) in [7, 11) is 1.82. The molecule has 2 heterocycles. The second-order valence-corrected chi connectivity index (χ2v) is 10.3. The van der Waals surface area contributed by atoms with E-state index in [1.807, 2.05) is 31.5 Å². The highest BCUT2D eigenvalue weighted by Crippen LogP contribution is 2.39. The summed E-state index contributed by atoms with van der Waals surface area (Å²) in [4.78, 5) is 16.0. The number of aryl methyl sites for hydroxylation is 1. The summed E-state index contributed by atoms with van der Waals surface area (Å²) in [6.45, 7) is 4.17. The molecule has 0 aliphatic rings. The van der Waals surface area contributed by atoms with Crippen molar-refractivity contribution in [2.45, 2.75) is 26.4 Å². The Labute approximate surface area is 233 Å². The molecule has 0 amide bonds. The molecule has 3 aromatic carbocycles. The number of carboxylic acid groups (broad SMARTS) is 1. The van der Waals surface area contributed by atoms with Gasteiger partial charge in [0.1, 0.15) is 29.6 Å². The minimum Gasteiger partial charge on any atom is -0.489 e. The van der Waals surface area contributed by atoms with Gasteiger partial charge in [-0.1, -0.05) is 59.9 Å². The molecule has 0 aliphatic carbocycles. The van der Waals surface area contributed by atoms with Gasteiger partial charge in [-0.3, -0.25) is 0 Å². The van der Waals surface area contributed by atoms with Gasteiger partial charge in [0.05, 0.1) is 37.2 Å². The first-order valence-corrected chi connectivity index (χ1v) is 12.8. The Kier molecular flexibility index (Phi) is 7.09. The molecule has 0 unspecified atom stereocenters. The first-order chi connectivity index (χ1) is 18.2. The molecule has 0 spiro atoms. The van der Waals surface area contributed by atoms with Crippen LogP contribution in [0.3, 0.4) is 0 Å². The smallest absolute Gasteiger partial charge is 0.335 e. The second kappa shape index (κ2) is 10.3. The van der Waals surface area contributed by atoms with Crippen molar-refractivity contribution in [2.75, 3.05) is 0 Å². The molecular formula is C28H22Cl3N3O4. The van der Waals surface area contributed by atoms with Crippen molar-refractivity contribution in [3.05, 3.63) is 86.6 Å². The van der Waals surface area contributed by atoms with Gasteiger partial charge >= 0.3 is 5.97 Å². The van der Waals surface area contributed by atoms with E-state index < -0.39 is 5.97 Å². The summed E-state index contributed by atoms with van der Waals surface area (Å²) in [5, 5.41) is 14.9. The predicted molar refractivity (Wildman–Crippen MR) is 148 cm³/mol. The van der Waals surface area contributed by atoms with Crippen LogP contribution in [0.25, 0.3) is 33.7 Å². The summed E-state index contributed by atoms with van der Waals surface area (Å²) in [6, 6.07) is 15.4. The lowest BCUT2D eigenvalue weighted by Crippen LogP contribution is -2.02. The van der Waals surface area contributed by atoms with Crippen LogP contribution in [0.4, 0.5) is 0 Å². The highest BCUT2D eigenvalue weighted by Gasteiger charge is 2.24. The molecule has 194 valence electrons. The van der Waals surface area contributed by atoms with Crippen LogP contribution in [-0.4, -0.2) is 25.8 Å². The van der Waals surface area contributed by atoms with Crippen LogP contribution in [0, 0.1) is 0 Å². The van der Waals surface area contributed by atoms with Gasteiger partial charge in [0.25, 0.3) is 0 Å². The van der Waals surface area contributed by atoms with Crippen molar-refractivity contribution in [3.8, 4) is 28.4 Å². The topological polar surface area (TPSA) is 90.4 Å². The third-order valence-electron chi connectivity index (χ3n) is 6.23. The fourth-order valence-corrected chi connectivity index (χ4v) is 5.15. The highest BCUT2D eigenvalue weighted by atomic mass is 35.5. The Morgan fingerprint density at radius 1 is 1.05 bits per heavy atom. The number of fused-ring (bicyclic) bond motifs is 1. The molecule has 0 aliphatic heterocycles. The molecule has 5 rings (SSSR count). The van der Waals surface area contributed by atoms with Crippen molar-refractivity contribution < 1.29 is 19.2 Å². The Morgan fingerprint density at radius 2 is 1.79 bits per heavy atom. The van der Waals surface area contributed by atoms with Crippen LogP contribution < -0.4 is 4.74 Å². The number of hydrogen-bond donors (Lipinski definition) is 1. The van der Waals surface area contributed by atoms with E-state index in [0.717, 1.165) is 5.56 Å². The van der Waals surface area contributed by atoms with Gasteiger partial charge in [-0.15, -0.1) is 0 Å². The van der Waals surface area contributed by atoms with Crippen molar-refractivity contribution in [2.24, 2.45) is 7.05 Å². The summed E-state index contributed by atoms with van der Waals surface area (Å²) in [5.41, 5.74) is 4.11. The van der Waals surface area contributed by atoms with Gasteiger partial charge in [-0.2, -0.15) is 0 Å². The van der Waals surface area contributed by atoms with Crippen LogP contribution in [-0.2, 0) is 13.7 Å². The lowest BCUT2D eigenvalue weighted by Gasteiger charge is -2.12. The lowest BCUT2D eigenvalue weighted by atomic mass is 10.0. The van der Waals surface area contributed by atoms with Crippen LogP contribution >= 0.6 is 34.8 Å². The van der Waals surface area contributed by atoms with Crippen molar-refractivity contribution in [3.63, 3.8) is 0 Å². The number of halogens is 3. The number of rotatable bonds is 7. The number of nitrogens with zero attached hydrogens (tertiary/aromatic N) is 3. The molecule has 1 N–H and O–H groups in total. The number of carboxylic acids is 1. The molecule has 0 saturated heterocycles. The Morgan fingerprint density at radius 3 is 2.45 bits per heavy atom. The van der Waals surface area contributed by atoms with Crippen LogP contribution in [0.15, 0.2) is 59.1 Å². The number of carbonyl (C=O) groups is 1. The number of benzene rings is 3. The zero-order chi connectivity index (χ0) is 27.1. The third-order valence-corrected chi connectivity index (χ3v) is 7.18. The minimum absolute atomic E-state index is 0.0567. The van der Waals surface area contributed by atoms with Gasteiger partial charge in [-0.05, 0) is 48.5 Å². The van der Waals surface area contributed by atoms with E-state index in [4.69, 9.17) is 44.1 Å². The number of imidazole rings is 1. The standard InChI is InChI=1S/C28H22Cl3N3O4/c1-14(2)26-18(25(33-38-26)24-19(29)5-4-6-20(24)30)13-37-16-8-9-17(21(31)12-16)27-32-22-10-7-15(28(35)36)11-23(22)34(27)3/h4-12,14H,13H2,1-3H3,(H,35,36). The van der Waals surface area contributed by atoms with E-state index in [-0.39, 0.29) is 18.1 Å². The monoisotopic (exact) mass is 569 g/mol. The molecule has 7 nitrogen and oxygen atoms in total. The average molecular weight is 571 g/mol. The van der Waals surface area contributed by atoms with Crippen molar-refractivity contribution in [1.82, 2.24) is 14.7 Å². The lowest BCUT2D eigenvalue weighted by molar-refractivity contribution is 0.0697. The molecule has 2 aromatic heterocycles. The number of ether oxygens (including phenoxy) is 1. The van der Waals surface area contributed by atoms with E-state index in [9.17, 15) is 9.90 Å². The maximum atomic E-state index is 11.4. The molecule has 0 saturated carbocycles. The average Bonchev–Trinajstić information content (AvgIpc) is 3.43. The maximum absolute atomic E-state index is 11.4. The third kappa shape index (κ3) is 4.73. The van der Waals surface area contributed by atoms with Crippen LogP contribution in [0.1, 0.15) is 41.4 Å². The Balaban J connectivity index is 1.45. The Bertz CT molecular complexity index is 1670. The van der Waals surface area contributed by atoms with E-state index in [2.05, 4.69) is 10.1 Å². The SMILES string of the molecule is CC(C)c1onc(-c2c(Cl)cccc2Cl)c1COc1ccc(-c2nc3ccc(C(=O)O)cc3n2C)c(Cl)c1. The van der Waals surface area contributed by atoms with Gasteiger partial charge in [-0.25, -0.2) is 9.78 Å². The maximum Gasteiger partial charge on any atom is 0.335 e. The molecule has 0 bridgehead atoms.